The van der Waals surface area contributed by atoms with E-state index in [1.165, 1.54) is 6.07 Å². The van der Waals surface area contributed by atoms with Crippen molar-refractivity contribution in [3.8, 4) is 0 Å². The fourth-order valence-electron chi connectivity index (χ4n) is 1.38. The molecule has 1 aromatic rings. The third kappa shape index (κ3) is 4.86. The van der Waals surface area contributed by atoms with Crippen LogP contribution in [-0.2, 0) is 6.54 Å². The van der Waals surface area contributed by atoms with Crippen LogP contribution in [0.15, 0.2) is 24.3 Å². The van der Waals surface area contributed by atoms with Gasteiger partial charge >= 0.3 is 12.0 Å². The Hall–Kier alpha value is -2.04. The lowest BCUT2D eigenvalue weighted by atomic mass is 10.1. The third-order valence-electron chi connectivity index (χ3n) is 2.12. The second kappa shape index (κ2) is 5.53. The molecule has 0 unspecified atom stereocenters. The standard InChI is InChI=1S/C13H18N2O3/c1-13(2,3)15-12(18)14-8-9-5-4-6-10(7-9)11(16)17/h4-7H,8H2,1-3H3,(H,16,17)(H2,14,15,18). The highest BCUT2D eigenvalue weighted by Crippen LogP contribution is 2.05. The summed E-state index contributed by atoms with van der Waals surface area (Å²) in [4.78, 5) is 22.3. The van der Waals surface area contributed by atoms with Crippen LogP contribution in [0, 0.1) is 0 Å². The van der Waals surface area contributed by atoms with E-state index in [1.54, 1.807) is 18.2 Å². The van der Waals surface area contributed by atoms with Crippen molar-refractivity contribution in [3.63, 3.8) is 0 Å². The van der Waals surface area contributed by atoms with Gasteiger partial charge in [0.05, 0.1) is 5.56 Å². The zero-order chi connectivity index (χ0) is 13.8. The second-order valence-electron chi connectivity index (χ2n) is 5.06. The summed E-state index contributed by atoms with van der Waals surface area (Å²) in [5.41, 5.74) is 0.664. The van der Waals surface area contributed by atoms with E-state index in [4.69, 9.17) is 5.11 Å². The number of carbonyl (C=O) groups is 2. The van der Waals surface area contributed by atoms with Gasteiger partial charge < -0.3 is 15.7 Å². The van der Waals surface area contributed by atoms with Crippen LogP contribution < -0.4 is 10.6 Å². The first-order valence-corrected chi connectivity index (χ1v) is 5.66. The molecule has 0 fully saturated rings. The van der Waals surface area contributed by atoms with Crippen LogP contribution in [0.1, 0.15) is 36.7 Å². The van der Waals surface area contributed by atoms with E-state index in [2.05, 4.69) is 10.6 Å². The van der Waals surface area contributed by atoms with Crippen LogP contribution in [0.5, 0.6) is 0 Å². The molecule has 0 aromatic heterocycles. The van der Waals surface area contributed by atoms with Crippen molar-refractivity contribution in [2.24, 2.45) is 0 Å². The molecule has 0 bridgehead atoms. The number of nitrogens with one attached hydrogen (secondary N) is 2. The predicted octanol–water partition coefficient (Wildman–Crippen LogP) is 1.98. The average molecular weight is 250 g/mol. The first kappa shape index (κ1) is 14.0. The number of hydrogen-bond donors (Lipinski definition) is 3. The van der Waals surface area contributed by atoms with Crippen molar-refractivity contribution >= 4 is 12.0 Å². The Labute approximate surface area is 106 Å². The van der Waals surface area contributed by atoms with E-state index >= 15 is 0 Å². The molecule has 0 spiro atoms. The van der Waals surface area contributed by atoms with Gasteiger partial charge in [0.25, 0.3) is 0 Å². The van der Waals surface area contributed by atoms with Crippen molar-refractivity contribution in [1.82, 2.24) is 10.6 Å². The summed E-state index contributed by atoms with van der Waals surface area (Å²) in [6, 6.07) is 6.20. The number of urea groups is 1. The van der Waals surface area contributed by atoms with Gasteiger partial charge in [-0.2, -0.15) is 0 Å². The zero-order valence-corrected chi connectivity index (χ0v) is 10.8. The number of carboxylic acids is 1. The van der Waals surface area contributed by atoms with Gasteiger partial charge in [-0.1, -0.05) is 12.1 Å². The number of hydrogen-bond acceptors (Lipinski definition) is 2. The Morgan fingerprint density at radius 1 is 1.28 bits per heavy atom. The number of carboxylic acid groups (broad SMARTS) is 1. The van der Waals surface area contributed by atoms with Crippen molar-refractivity contribution in [2.75, 3.05) is 0 Å². The molecule has 0 saturated carbocycles. The number of rotatable bonds is 3. The fraction of sp³-hybridized carbons (Fsp3) is 0.385. The van der Waals surface area contributed by atoms with Crippen molar-refractivity contribution in [3.05, 3.63) is 35.4 Å². The average Bonchev–Trinajstić information content (AvgIpc) is 2.24. The molecule has 0 aliphatic rings. The van der Waals surface area contributed by atoms with Gasteiger partial charge in [-0.3, -0.25) is 0 Å². The van der Waals surface area contributed by atoms with Gasteiger partial charge in [-0.05, 0) is 38.5 Å². The lowest BCUT2D eigenvalue weighted by Crippen LogP contribution is -2.46. The van der Waals surface area contributed by atoms with Gasteiger partial charge in [0.15, 0.2) is 0 Å². The van der Waals surface area contributed by atoms with Crippen LogP contribution in [-0.4, -0.2) is 22.6 Å². The molecule has 2 amide bonds. The lowest BCUT2D eigenvalue weighted by molar-refractivity contribution is 0.0696. The highest BCUT2D eigenvalue weighted by Gasteiger charge is 2.13. The maximum Gasteiger partial charge on any atom is 0.335 e. The molecular weight excluding hydrogens is 232 g/mol. The van der Waals surface area contributed by atoms with E-state index in [0.717, 1.165) is 5.56 Å². The van der Waals surface area contributed by atoms with E-state index in [-0.39, 0.29) is 17.1 Å². The molecule has 0 aliphatic heterocycles. The molecule has 0 radical (unpaired) electrons. The number of benzene rings is 1. The van der Waals surface area contributed by atoms with Gasteiger partial charge in [-0.25, -0.2) is 9.59 Å². The van der Waals surface area contributed by atoms with E-state index < -0.39 is 5.97 Å². The quantitative estimate of drug-likeness (QED) is 0.767. The summed E-state index contributed by atoms with van der Waals surface area (Å²) >= 11 is 0. The van der Waals surface area contributed by atoms with E-state index in [1.807, 2.05) is 20.8 Å². The van der Waals surface area contributed by atoms with Crippen molar-refractivity contribution < 1.29 is 14.7 Å². The first-order valence-electron chi connectivity index (χ1n) is 5.66. The van der Waals surface area contributed by atoms with Gasteiger partial charge in [0.1, 0.15) is 0 Å². The highest BCUT2D eigenvalue weighted by molar-refractivity contribution is 5.87. The molecule has 0 atom stereocenters. The number of amides is 2. The Morgan fingerprint density at radius 3 is 2.50 bits per heavy atom. The van der Waals surface area contributed by atoms with Crippen LogP contribution in [0.25, 0.3) is 0 Å². The van der Waals surface area contributed by atoms with Crippen LogP contribution in [0.4, 0.5) is 4.79 Å². The molecule has 0 aliphatic carbocycles. The topological polar surface area (TPSA) is 78.4 Å². The maximum atomic E-state index is 11.5. The van der Waals surface area contributed by atoms with Gasteiger partial charge in [-0.15, -0.1) is 0 Å². The Bertz CT molecular complexity index is 450. The smallest absolute Gasteiger partial charge is 0.335 e. The summed E-state index contributed by atoms with van der Waals surface area (Å²) in [6.45, 7) is 5.95. The molecule has 1 rings (SSSR count). The minimum Gasteiger partial charge on any atom is -0.478 e. The van der Waals surface area contributed by atoms with E-state index in [0.29, 0.717) is 6.54 Å². The highest BCUT2D eigenvalue weighted by atomic mass is 16.4. The molecule has 0 saturated heterocycles. The third-order valence-corrected chi connectivity index (χ3v) is 2.12. The normalized spacial score (nSPS) is 10.8. The molecular formula is C13H18N2O3. The Kier molecular flexibility index (Phi) is 4.31. The first-order chi connectivity index (χ1) is 8.28. The summed E-state index contributed by atoms with van der Waals surface area (Å²) in [6.07, 6.45) is 0. The van der Waals surface area contributed by atoms with Crippen molar-refractivity contribution in [2.45, 2.75) is 32.9 Å². The summed E-state index contributed by atoms with van der Waals surface area (Å²) in [5.74, 6) is -0.976. The number of carbonyl (C=O) groups excluding carboxylic acids is 1. The predicted molar refractivity (Wildman–Crippen MR) is 68.5 cm³/mol. The van der Waals surface area contributed by atoms with Gasteiger partial charge in [0, 0.05) is 12.1 Å². The Balaban J connectivity index is 2.56. The molecule has 18 heavy (non-hydrogen) atoms. The SMILES string of the molecule is CC(C)(C)NC(=O)NCc1cccc(C(=O)O)c1. The molecule has 3 N–H and O–H groups in total. The summed E-state index contributed by atoms with van der Waals surface area (Å²) in [5, 5.41) is 14.3. The van der Waals surface area contributed by atoms with Crippen molar-refractivity contribution in [1.29, 1.82) is 0 Å². The minimum atomic E-state index is -0.976. The maximum absolute atomic E-state index is 11.5. The molecule has 5 nitrogen and oxygen atoms in total. The second-order valence-corrected chi connectivity index (χ2v) is 5.06. The summed E-state index contributed by atoms with van der Waals surface area (Å²) < 4.78 is 0. The minimum absolute atomic E-state index is 0.213. The fourth-order valence-corrected chi connectivity index (χ4v) is 1.38. The monoisotopic (exact) mass is 250 g/mol. The number of aromatic carboxylic acids is 1. The molecule has 5 heteroatoms. The lowest BCUT2D eigenvalue weighted by Gasteiger charge is -2.20. The van der Waals surface area contributed by atoms with Crippen LogP contribution in [0.3, 0.4) is 0 Å². The van der Waals surface area contributed by atoms with Crippen LogP contribution >= 0.6 is 0 Å². The molecule has 98 valence electrons. The molecule has 0 heterocycles. The van der Waals surface area contributed by atoms with E-state index in [9.17, 15) is 9.59 Å². The largest absolute Gasteiger partial charge is 0.478 e. The zero-order valence-electron chi connectivity index (χ0n) is 10.8. The van der Waals surface area contributed by atoms with Crippen LogP contribution in [0.2, 0.25) is 0 Å². The van der Waals surface area contributed by atoms with Gasteiger partial charge in [0.2, 0.25) is 0 Å². The molecule has 1 aromatic carbocycles. The Morgan fingerprint density at radius 2 is 1.94 bits per heavy atom. The summed E-state index contributed by atoms with van der Waals surface area (Å²) in [7, 11) is 0.